The number of methoxy groups -OCH3 is 1. The number of fused-ring (bicyclic) bond motifs is 1. The molecule has 4 rings (SSSR count). The van der Waals surface area contributed by atoms with Gasteiger partial charge in [0.15, 0.2) is 5.67 Å². The Kier molecular flexibility index (Phi) is 4.72. The van der Waals surface area contributed by atoms with Crippen LogP contribution in [0.1, 0.15) is 35.1 Å². The Balaban J connectivity index is 1.44. The molecule has 0 bridgehead atoms. The zero-order valence-electron chi connectivity index (χ0n) is 15.5. The summed E-state index contributed by atoms with van der Waals surface area (Å²) in [5, 5.41) is 0. The third kappa shape index (κ3) is 3.36. The van der Waals surface area contributed by atoms with Gasteiger partial charge < -0.3 is 9.47 Å². The van der Waals surface area contributed by atoms with E-state index in [4.69, 9.17) is 9.47 Å². The highest BCUT2D eigenvalue weighted by Gasteiger charge is 2.40. The molecule has 0 N–H and O–H groups in total. The number of nitrogens with zero attached hydrogens (tertiary/aromatic N) is 1. The van der Waals surface area contributed by atoms with Crippen molar-refractivity contribution < 1.29 is 13.9 Å². The lowest BCUT2D eigenvalue weighted by atomic mass is 9.93. The van der Waals surface area contributed by atoms with Crippen LogP contribution in [0.15, 0.2) is 42.5 Å². The van der Waals surface area contributed by atoms with Crippen LogP contribution in [0.4, 0.5) is 4.39 Å². The molecule has 138 valence electrons. The monoisotopic (exact) mass is 355 g/mol. The Morgan fingerprint density at radius 3 is 2.62 bits per heavy atom. The molecule has 3 nitrogen and oxygen atoms in total. The normalized spacial score (nSPS) is 22.2. The topological polar surface area (TPSA) is 21.7 Å². The third-order valence-electron chi connectivity index (χ3n) is 5.65. The maximum Gasteiger partial charge on any atom is 0.182 e. The molecule has 2 aromatic rings. The number of alkyl halides is 1. The van der Waals surface area contributed by atoms with Crippen molar-refractivity contribution in [3.8, 4) is 5.75 Å². The second-order valence-electron chi connectivity index (χ2n) is 7.61. The fourth-order valence-electron chi connectivity index (χ4n) is 4.00. The first-order valence-corrected chi connectivity index (χ1v) is 9.33. The van der Waals surface area contributed by atoms with Crippen molar-refractivity contribution in [2.75, 3.05) is 33.4 Å². The lowest BCUT2D eigenvalue weighted by Gasteiger charge is -2.34. The van der Waals surface area contributed by atoms with Gasteiger partial charge >= 0.3 is 0 Å². The second kappa shape index (κ2) is 7.01. The summed E-state index contributed by atoms with van der Waals surface area (Å²) in [6, 6.07) is 14.4. The lowest BCUT2D eigenvalue weighted by Crippen LogP contribution is -2.42. The molecule has 0 saturated carbocycles. The molecule has 0 aliphatic carbocycles. The molecule has 2 aromatic carbocycles. The summed E-state index contributed by atoms with van der Waals surface area (Å²) in [5.74, 6) is 1.39. The maximum absolute atomic E-state index is 14.4. The summed E-state index contributed by atoms with van der Waals surface area (Å²) in [6.45, 7) is 5.58. The number of halogens is 1. The van der Waals surface area contributed by atoms with E-state index in [1.807, 2.05) is 12.1 Å². The molecule has 1 fully saturated rings. The summed E-state index contributed by atoms with van der Waals surface area (Å²) in [6.07, 6.45) is 1.05. The highest BCUT2D eigenvalue weighted by atomic mass is 19.1. The quantitative estimate of drug-likeness (QED) is 0.826. The summed E-state index contributed by atoms with van der Waals surface area (Å²) in [4.78, 5) is 2.49. The van der Waals surface area contributed by atoms with Crippen LogP contribution in [0.3, 0.4) is 0 Å². The number of benzene rings is 2. The molecule has 0 spiro atoms. The number of rotatable bonds is 4. The molecule has 1 saturated heterocycles. The van der Waals surface area contributed by atoms with E-state index in [0.717, 1.165) is 37.4 Å². The van der Waals surface area contributed by atoms with Gasteiger partial charge in [-0.3, -0.25) is 4.90 Å². The average Bonchev–Trinajstić information content (AvgIpc) is 2.79. The molecule has 0 aromatic heterocycles. The molecule has 26 heavy (non-hydrogen) atoms. The standard InChI is InChI=1S/C22H26FNO2/c1-16-12-24(10-9-18-5-8-20(25-2)11-21(16)18)13-17-3-6-19(7-4-17)22(23)14-26-15-22/h3-8,11,16H,9-10,12-15H2,1-2H3. The van der Waals surface area contributed by atoms with E-state index in [0.29, 0.717) is 5.92 Å². The molecule has 2 heterocycles. The molecule has 2 aliphatic heterocycles. The van der Waals surface area contributed by atoms with Crippen molar-refractivity contribution in [1.82, 2.24) is 4.90 Å². The SMILES string of the molecule is COc1ccc2c(c1)C(C)CN(Cc1ccc(C3(F)COC3)cc1)CC2. The molecule has 4 heteroatoms. The lowest BCUT2D eigenvalue weighted by molar-refractivity contribution is -0.135. The van der Waals surface area contributed by atoms with Gasteiger partial charge in [-0.2, -0.15) is 0 Å². The van der Waals surface area contributed by atoms with E-state index < -0.39 is 5.67 Å². The minimum Gasteiger partial charge on any atom is -0.497 e. The van der Waals surface area contributed by atoms with Gasteiger partial charge in [-0.25, -0.2) is 4.39 Å². The fourth-order valence-corrected chi connectivity index (χ4v) is 4.00. The minimum atomic E-state index is -1.28. The molecule has 0 amide bonds. The van der Waals surface area contributed by atoms with Crippen molar-refractivity contribution in [2.45, 2.75) is 31.5 Å². The number of hydrogen-bond acceptors (Lipinski definition) is 3. The van der Waals surface area contributed by atoms with E-state index in [2.05, 4.69) is 42.2 Å². The van der Waals surface area contributed by atoms with Crippen molar-refractivity contribution in [3.63, 3.8) is 0 Å². The smallest absolute Gasteiger partial charge is 0.182 e. The predicted molar refractivity (Wildman–Crippen MR) is 100 cm³/mol. The van der Waals surface area contributed by atoms with E-state index in [9.17, 15) is 4.39 Å². The number of hydrogen-bond donors (Lipinski definition) is 0. The summed E-state index contributed by atoms with van der Waals surface area (Å²) < 4.78 is 24.8. The van der Waals surface area contributed by atoms with E-state index in [1.165, 1.54) is 16.7 Å². The van der Waals surface area contributed by atoms with Gasteiger partial charge in [-0.1, -0.05) is 37.3 Å². The van der Waals surface area contributed by atoms with Crippen LogP contribution in [0, 0.1) is 0 Å². The Morgan fingerprint density at radius 2 is 1.96 bits per heavy atom. The first kappa shape index (κ1) is 17.5. The molecule has 0 radical (unpaired) electrons. The van der Waals surface area contributed by atoms with Crippen molar-refractivity contribution in [3.05, 3.63) is 64.7 Å². The third-order valence-corrected chi connectivity index (χ3v) is 5.65. The van der Waals surface area contributed by atoms with Gasteiger partial charge in [0.25, 0.3) is 0 Å². The minimum absolute atomic E-state index is 0.178. The number of ether oxygens (including phenoxy) is 2. The van der Waals surface area contributed by atoms with Gasteiger partial charge in [0.05, 0.1) is 20.3 Å². The maximum atomic E-state index is 14.4. The van der Waals surface area contributed by atoms with Crippen LogP contribution in [0.2, 0.25) is 0 Å². The molecule has 1 atom stereocenters. The van der Waals surface area contributed by atoms with E-state index in [1.54, 1.807) is 7.11 Å². The predicted octanol–water partition coefficient (Wildman–Crippen LogP) is 4.05. The highest BCUT2D eigenvalue weighted by molar-refractivity contribution is 5.39. The summed E-state index contributed by atoms with van der Waals surface area (Å²) >= 11 is 0. The van der Waals surface area contributed by atoms with Gasteiger partial charge in [-0.05, 0) is 46.7 Å². The molecule has 1 unspecified atom stereocenters. The van der Waals surface area contributed by atoms with Crippen LogP contribution in [0.25, 0.3) is 0 Å². The van der Waals surface area contributed by atoms with Crippen LogP contribution >= 0.6 is 0 Å². The zero-order valence-corrected chi connectivity index (χ0v) is 15.5. The van der Waals surface area contributed by atoms with Gasteiger partial charge in [0.1, 0.15) is 5.75 Å². The van der Waals surface area contributed by atoms with Gasteiger partial charge in [-0.15, -0.1) is 0 Å². The van der Waals surface area contributed by atoms with E-state index >= 15 is 0 Å². The average molecular weight is 355 g/mol. The van der Waals surface area contributed by atoms with Crippen molar-refractivity contribution in [1.29, 1.82) is 0 Å². The first-order chi connectivity index (χ1) is 12.6. The Labute approximate surface area is 154 Å². The van der Waals surface area contributed by atoms with Crippen molar-refractivity contribution >= 4 is 0 Å². The first-order valence-electron chi connectivity index (χ1n) is 9.33. The molecule has 2 aliphatic rings. The van der Waals surface area contributed by atoms with E-state index in [-0.39, 0.29) is 13.2 Å². The van der Waals surface area contributed by atoms with Crippen LogP contribution in [0.5, 0.6) is 5.75 Å². The van der Waals surface area contributed by atoms with Crippen LogP contribution < -0.4 is 4.74 Å². The largest absolute Gasteiger partial charge is 0.497 e. The van der Waals surface area contributed by atoms with Crippen molar-refractivity contribution in [2.24, 2.45) is 0 Å². The molecular weight excluding hydrogens is 329 g/mol. The Morgan fingerprint density at radius 1 is 1.19 bits per heavy atom. The Hall–Kier alpha value is -1.91. The fraction of sp³-hybridized carbons (Fsp3) is 0.455. The highest BCUT2D eigenvalue weighted by Crippen LogP contribution is 2.34. The summed E-state index contributed by atoms with van der Waals surface area (Å²) in [7, 11) is 1.72. The van der Waals surface area contributed by atoms with Gasteiger partial charge in [0.2, 0.25) is 0 Å². The zero-order chi connectivity index (χ0) is 18.1. The molecular formula is C22H26FNO2. The van der Waals surface area contributed by atoms with Crippen LogP contribution in [-0.4, -0.2) is 38.3 Å². The second-order valence-corrected chi connectivity index (χ2v) is 7.61. The summed E-state index contributed by atoms with van der Waals surface area (Å²) in [5.41, 5.74) is 3.49. The van der Waals surface area contributed by atoms with Crippen LogP contribution in [-0.2, 0) is 23.4 Å². The Bertz CT molecular complexity index is 770. The van der Waals surface area contributed by atoms with Gasteiger partial charge in [0, 0.05) is 19.6 Å².